The Morgan fingerprint density at radius 1 is 1.07 bits per heavy atom. The molecule has 158 valence electrons. The molecular formula is C21H22N2O5S2. The molecule has 0 spiro atoms. The molecule has 3 rings (SSSR count). The van der Waals surface area contributed by atoms with Gasteiger partial charge in [-0.1, -0.05) is 23.5 Å². The summed E-state index contributed by atoms with van der Waals surface area (Å²) in [5.41, 5.74) is 2.31. The number of hydrogen-bond acceptors (Lipinski definition) is 7. The number of rotatable bonds is 7. The normalized spacial score (nSPS) is 10.7. The zero-order valence-electron chi connectivity index (χ0n) is 17.1. The summed E-state index contributed by atoms with van der Waals surface area (Å²) in [6.45, 7) is 7.95. The van der Waals surface area contributed by atoms with Crippen molar-refractivity contribution in [3.05, 3.63) is 54.9 Å². The van der Waals surface area contributed by atoms with E-state index in [0.29, 0.717) is 28.4 Å². The predicted molar refractivity (Wildman–Crippen MR) is 119 cm³/mol. The summed E-state index contributed by atoms with van der Waals surface area (Å²) in [5.74, 6) is -0.223. The molecule has 2 aromatic heterocycles. The molecule has 3 aromatic rings. The maximum atomic E-state index is 12.8. The average molecular weight is 447 g/mol. The minimum Gasteiger partial charge on any atom is -0.494 e. The fourth-order valence-corrected chi connectivity index (χ4v) is 4.84. The molecule has 0 unspecified atom stereocenters. The van der Waals surface area contributed by atoms with Crippen molar-refractivity contribution in [1.29, 1.82) is 0 Å². The molecule has 0 aliphatic carbocycles. The number of carbonyl (C=O) groups is 2. The molecule has 0 atom stereocenters. The lowest BCUT2D eigenvalue weighted by atomic mass is 10.0. The Hall–Kier alpha value is -2.91. The standard InChI is InChI=1S/C21H22N2O5S2/c1-5-27-14-9-7-13(8-10-14)15-12(4)29-19(16(15)20(25)28-6-2)23-18(24)17-11(3)22-21(26)30-17/h7-10H,5-6H2,1-4H3,(H,22,26)(H,23,24). The van der Waals surface area contributed by atoms with Crippen molar-refractivity contribution in [2.24, 2.45) is 0 Å². The van der Waals surface area contributed by atoms with Crippen molar-refractivity contribution in [3.63, 3.8) is 0 Å². The maximum absolute atomic E-state index is 12.8. The van der Waals surface area contributed by atoms with Gasteiger partial charge in [-0.25, -0.2) is 4.79 Å². The van der Waals surface area contributed by atoms with Crippen LogP contribution in [-0.4, -0.2) is 30.1 Å². The van der Waals surface area contributed by atoms with E-state index in [1.165, 1.54) is 11.3 Å². The van der Waals surface area contributed by atoms with Crippen molar-refractivity contribution in [2.45, 2.75) is 27.7 Å². The molecule has 2 N–H and O–H groups in total. The molecule has 2 heterocycles. The Balaban J connectivity index is 2.04. The largest absolute Gasteiger partial charge is 0.494 e. The van der Waals surface area contributed by atoms with Crippen molar-refractivity contribution < 1.29 is 19.1 Å². The number of thiophene rings is 1. The monoisotopic (exact) mass is 446 g/mol. The number of esters is 1. The number of aromatic nitrogens is 1. The fraction of sp³-hybridized carbons (Fsp3) is 0.286. The van der Waals surface area contributed by atoms with Crippen LogP contribution in [0.5, 0.6) is 5.75 Å². The summed E-state index contributed by atoms with van der Waals surface area (Å²) in [7, 11) is 0. The van der Waals surface area contributed by atoms with Crippen LogP contribution >= 0.6 is 22.7 Å². The van der Waals surface area contributed by atoms with Gasteiger partial charge in [0, 0.05) is 16.1 Å². The number of aryl methyl sites for hydroxylation is 2. The lowest BCUT2D eigenvalue weighted by Crippen LogP contribution is -2.14. The van der Waals surface area contributed by atoms with Gasteiger partial charge in [-0.05, 0) is 45.4 Å². The van der Waals surface area contributed by atoms with E-state index in [-0.39, 0.29) is 16.4 Å². The van der Waals surface area contributed by atoms with Gasteiger partial charge in [-0.15, -0.1) is 11.3 Å². The molecule has 0 bridgehead atoms. The molecule has 0 aliphatic rings. The van der Waals surface area contributed by atoms with E-state index in [9.17, 15) is 14.4 Å². The summed E-state index contributed by atoms with van der Waals surface area (Å²) in [6.07, 6.45) is 0. The minimum atomic E-state index is -0.514. The number of aromatic amines is 1. The molecule has 0 fully saturated rings. The first kappa shape index (κ1) is 21.8. The summed E-state index contributed by atoms with van der Waals surface area (Å²) in [6, 6.07) is 7.42. The third-order valence-corrected chi connectivity index (χ3v) is 6.28. The second kappa shape index (κ2) is 9.27. The highest BCUT2D eigenvalue weighted by atomic mass is 32.1. The lowest BCUT2D eigenvalue weighted by Gasteiger charge is -2.10. The van der Waals surface area contributed by atoms with Crippen molar-refractivity contribution in [3.8, 4) is 16.9 Å². The molecule has 0 radical (unpaired) electrons. The SMILES string of the molecule is CCOC(=O)c1c(NC(=O)c2sc(=O)[nH]c2C)sc(C)c1-c1ccc(OCC)cc1. The third-order valence-electron chi connectivity index (χ3n) is 4.28. The first-order valence-corrected chi connectivity index (χ1v) is 11.0. The van der Waals surface area contributed by atoms with Gasteiger partial charge in [0.1, 0.15) is 21.2 Å². The van der Waals surface area contributed by atoms with E-state index in [4.69, 9.17) is 9.47 Å². The number of H-pyrrole nitrogens is 1. The van der Waals surface area contributed by atoms with Crippen LogP contribution in [0.1, 0.15) is 44.4 Å². The summed E-state index contributed by atoms with van der Waals surface area (Å²) >= 11 is 2.12. The Morgan fingerprint density at radius 2 is 1.77 bits per heavy atom. The van der Waals surface area contributed by atoms with Crippen LogP contribution in [0.3, 0.4) is 0 Å². The number of ether oxygens (including phenoxy) is 2. The van der Waals surface area contributed by atoms with Gasteiger partial charge >= 0.3 is 10.8 Å². The molecule has 7 nitrogen and oxygen atoms in total. The first-order chi connectivity index (χ1) is 14.3. The van der Waals surface area contributed by atoms with E-state index in [2.05, 4.69) is 10.3 Å². The van der Waals surface area contributed by atoms with Crippen LogP contribution < -0.4 is 14.9 Å². The smallest absolute Gasteiger partial charge is 0.341 e. The number of nitrogens with one attached hydrogen (secondary N) is 2. The molecule has 30 heavy (non-hydrogen) atoms. The summed E-state index contributed by atoms with van der Waals surface area (Å²) in [5, 5.41) is 3.18. The van der Waals surface area contributed by atoms with E-state index in [0.717, 1.165) is 27.5 Å². The molecule has 1 aromatic carbocycles. The summed E-state index contributed by atoms with van der Waals surface area (Å²) < 4.78 is 10.7. The van der Waals surface area contributed by atoms with Crippen LogP contribution in [0.25, 0.3) is 11.1 Å². The molecule has 1 amide bonds. The predicted octanol–water partition coefficient (Wildman–Crippen LogP) is 4.61. The van der Waals surface area contributed by atoms with E-state index < -0.39 is 11.9 Å². The molecule has 0 saturated heterocycles. The van der Waals surface area contributed by atoms with Gasteiger partial charge in [0.05, 0.1) is 13.2 Å². The zero-order chi connectivity index (χ0) is 21.8. The summed E-state index contributed by atoms with van der Waals surface area (Å²) in [4.78, 5) is 40.5. The van der Waals surface area contributed by atoms with E-state index in [1.807, 2.05) is 38.1 Å². The number of carbonyl (C=O) groups excluding carboxylic acids is 2. The number of anilines is 1. The Labute approximate surface area is 181 Å². The topological polar surface area (TPSA) is 97.5 Å². The average Bonchev–Trinajstić information content (AvgIpc) is 3.21. The maximum Gasteiger partial charge on any atom is 0.341 e. The Bertz CT molecular complexity index is 1130. The van der Waals surface area contributed by atoms with Crippen molar-refractivity contribution in [1.82, 2.24) is 4.98 Å². The second-order valence-corrected chi connectivity index (χ2v) is 8.55. The van der Waals surface area contributed by atoms with Gasteiger partial charge in [0.25, 0.3) is 5.91 Å². The Kier molecular flexibility index (Phi) is 6.73. The van der Waals surface area contributed by atoms with Crippen LogP contribution in [0.2, 0.25) is 0 Å². The molecular weight excluding hydrogens is 424 g/mol. The highest BCUT2D eigenvalue weighted by Gasteiger charge is 2.26. The highest BCUT2D eigenvalue weighted by molar-refractivity contribution is 7.17. The van der Waals surface area contributed by atoms with Crippen LogP contribution in [0.15, 0.2) is 29.1 Å². The first-order valence-electron chi connectivity index (χ1n) is 9.40. The zero-order valence-corrected chi connectivity index (χ0v) is 18.7. The Morgan fingerprint density at radius 3 is 2.33 bits per heavy atom. The lowest BCUT2D eigenvalue weighted by molar-refractivity contribution is 0.0529. The van der Waals surface area contributed by atoms with E-state index >= 15 is 0 Å². The number of hydrogen-bond donors (Lipinski definition) is 2. The fourth-order valence-electron chi connectivity index (χ4n) is 3.04. The number of thiazole rings is 1. The van der Waals surface area contributed by atoms with Gasteiger partial charge in [-0.2, -0.15) is 0 Å². The quantitative estimate of drug-likeness (QED) is 0.517. The van der Waals surface area contributed by atoms with Crippen LogP contribution in [0, 0.1) is 13.8 Å². The number of benzene rings is 1. The molecule has 0 saturated carbocycles. The van der Waals surface area contributed by atoms with E-state index in [1.54, 1.807) is 13.8 Å². The third kappa shape index (κ3) is 4.47. The number of amides is 1. The van der Waals surface area contributed by atoms with Gasteiger partial charge in [0.2, 0.25) is 0 Å². The minimum absolute atomic E-state index is 0.211. The van der Waals surface area contributed by atoms with Gasteiger partial charge in [-0.3, -0.25) is 9.59 Å². The van der Waals surface area contributed by atoms with Crippen molar-refractivity contribution >= 4 is 39.6 Å². The molecule has 0 aliphatic heterocycles. The van der Waals surface area contributed by atoms with Gasteiger partial charge < -0.3 is 19.8 Å². The van der Waals surface area contributed by atoms with Crippen molar-refractivity contribution in [2.75, 3.05) is 18.5 Å². The van der Waals surface area contributed by atoms with Gasteiger partial charge in [0.15, 0.2) is 0 Å². The van der Waals surface area contributed by atoms with Crippen LogP contribution in [-0.2, 0) is 4.74 Å². The highest BCUT2D eigenvalue weighted by Crippen LogP contribution is 2.41. The molecule has 9 heteroatoms. The van der Waals surface area contributed by atoms with Crippen LogP contribution in [0.4, 0.5) is 5.00 Å². The second-order valence-electron chi connectivity index (χ2n) is 6.34.